The Bertz CT molecular complexity index is 423. The molecule has 0 heterocycles. The number of azide groups is 1. The number of hydrazine groups is 1. The normalized spacial score (nSPS) is 8.33. The van der Waals surface area contributed by atoms with Crippen LogP contribution in [0.15, 0.2) is 29.4 Å². The van der Waals surface area contributed by atoms with E-state index in [0.29, 0.717) is 13.0 Å². The lowest BCUT2D eigenvalue weighted by atomic mass is 10.2. The lowest BCUT2D eigenvalue weighted by molar-refractivity contribution is 1.01. The topological polar surface area (TPSA) is 86.8 Å². The molecule has 0 unspecified atom stereocenters. The predicted octanol–water partition coefficient (Wildman–Crippen LogP) is 2.02. The van der Waals surface area contributed by atoms with Crippen LogP contribution < -0.4 is 11.3 Å². The van der Waals surface area contributed by atoms with Crippen LogP contribution in [0.1, 0.15) is 12.0 Å². The number of rotatable bonds is 3. The minimum absolute atomic E-state index is 0.391. The second-order valence-corrected chi connectivity index (χ2v) is 2.70. The molecule has 0 spiro atoms. The summed E-state index contributed by atoms with van der Waals surface area (Å²) in [5.41, 5.74) is 12.2. The fourth-order valence-electron chi connectivity index (χ4n) is 1.03. The van der Waals surface area contributed by atoms with Crippen molar-refractivity contribution in [2.24, 2.45) is 11.0 Å². The third-order valence-corrected chi connectivity index (χ3v) is 1.71. The van der Waals surface area contributed by atoms with Crippen molar-refractivity contribution in [2.75, 3.05) is 12.0 Å². The van der Waals surface area contributed by atoms with Crippen LogP contribution in [0.4, 0.5) is 5.69 Å². The Kier molecular flexibility index (Phi) is 4.61. The minimum atomic E-state index is 0.391. The predicted molar refractivity (Wildman–Crippen MR) is 59.8 cm³/mol. The second-order valence-electron chi connectivity index (χ2n) is 2.70. The molecule has 0 radical (unpaired) electrons. The smallest absolute Gasteiger partial charge is 0.0641 e. The first-order valence-corrected chi connectivity index (χ1v) is 4.44. The highest BCUT2D eigenvalue weighted by Crippen LogP contribution is 2.11. The average molecular weight is 201 g/mol. The van der Waals surface area contributed by atoms with E-state index in [4.69, 9.17) is 11.4 Å². The van der Waals surface area contributed by atoms with Crippen LogP contribution in [-0.2, 0) is 0 Å². The van der Waals surface area contributed by atoms with E-state index in [-0.39, 0.29) is 0 Å². The van der Waals surface area contributed by atoms with Crippen LogP contribution >= 0.6 is 0 Å². The molecule has 3 N–H and O–H groups in total. The Hall–Kier alpha value is -2.15. The zero-order valence-corrected chi connectivity index (χ0v) is 8.14. The van der Waals surface area contributed by atoms with E-state index in [1.165, 1.54) is 0 Å². The van der Waals surface area contributed by atoms with Crippen molar-refractivity contribution in [1.82, 2.24) is 0 Å². The molecule has 0 aromatic heterocycles. The molecule has 1 aromatic rings. The first kappa shape index (κ1) is 10.9. The van der Waals surface area contributed by atoms with E-state index in [2.05, 4.69) is 27.3 Å². The Labute approximate surface area is 87.9 Å². The molecule has 0 bridgehead atoms. The average Bonchev–Trinajstić information content (AvgIpc) is 2.29. The van der Waals surface area contributed by atoms with Crippen molar-refractivity contribution in [3.05, 3.63) is 40.3 Å². The molecular weight excluding hydrogens is 190 g/mol. The standard InChI is InChI=1S/C10H11N5/c11-14-10-7-2-1-5-9(10)6-3-4-8-13-15-12/h1-2,5,7,14H,4,8,11H2. The first-order valence-electron chi connectivity index (χ1n) is 4.44. The maximum absolute atomic E-state index is 8.05. The molecule has 5 nitrogen and oxygen atoms in total. The van der Waals surface area contributed by atoms with Gasteiger partial charge in [0.2, 0.25) is 0 Å². The largest absolute Gasteiger partial charge is 0.323 e. The SMILES string of the molecule is [N-]=[N+]=NCCC#Cc1ccccc1NN. The summed E-state index contributed by atoms with van der Waals surface area (Å²) in [6, 6.07) is 7.48. The van der Waals surface area contributed by atoms with Gasteiger partial charge in [0.15, 0.2) is 0 Å². The van der Waals surface area contributed by atoms with Crippen molar-refractivity contribution in [3.8, 4) is 11.8 Å². The quantitative estimate of drug-likeness (QED) is 0.149. The van der Waals surface area contributed by atoms with Gasteiger partial charge in [-0.15, -0.1) is 0 Å². The maximum atomic E-state index is 8.05. The van der Waals surface area contributed by atoms with Gasteiger partial charge in [-0.05, 0) is 17.7 Å². The second kappa shape index (κ2) is 6.33. The first-order chi connectivity index (χ1) is 7.38. The van der Waals surface area contributed by atoms with E-state index in [0.717, 1.165) is 11.3 Å². The van der Waals surface area contributed by atoms with Crippen molar-refractivity contribution in [2.45, 2.75) is 6.42 Å². The zero-order chi connectivity index (χ0) is 10.9. The summed E-state index contributed by atoms with van der Waals surface area (Å²) < 4.78 is 0. The summed E-state index contributed by atoms with van der Waals surface area (Å²) in [6.07, 6.45) is 0.545. The zero-order valence-electron chi connectivity index (χ0n) is 8.14. The van der Waals surface area contributed by atoms with E-state index >= 15 is 0 Å². The number of hydrogen-bond acceptors (Lipinski definition) is 3. The summed E-state index contributed by atoms with van der Waals surface area (Å²) in [4.78, 5) is 2.64. The molecule has 0 saturated heterocycles. The molecule has 0 aliphatic heterocycles. The van der Waals surface area contributed by atoms with Crippen LogP contribution in [0.5, 0.6) is 0 Å². The number of nitrogens with one attached hydrogen (secondary N) is 1. The minimum Gasteiger partial charge on any atom is -0.323 e. The monoisotopic (exact) mass is 201 g/mol. The van der Waals surface area contributed by atoms with Gasteiger partial charge in [0.1, 0.15) is 0 Å². The van der Waals surface area contributed by atoms with E-state index in [1.54, 1.807) is 0 Å². The third-order valence-electron chi connectivity index (χ3n) is 1.71. The molecule has 0 aliphatic carbocycles. The van der Waals surface area contributed by atoms with Gasteiger partial charge in [0.05, 0.1) is 5.69 Å². The highest BCUT2D eigenvalue weighted by atomic mass is 15.2. The van der Waals surface area contributed by atoms with Gasteiger partial charge in [-0.3, -0.25) is 5.84 Å². The molecule has 15 heavy (non-hydrogen) atoms. The number of nitrogens with two attached hydrogens (primary N) is 1. The van der Waals surface area contributed by atoms with Gasteiger partial charge >= 0.3 is 0 Å². The molecule has 0 saturated carbocycles. The fraction of sp³-hybridized carbons (Fsp3) is 0.200. The summed E-state index contributed by atoms with van der Waals surface area (Å²) in [7, 11) is 0. The molecule has 76 valence electrons. The van der Waals surface area contributed by atoms with Gasteiger partial charge < -0.3 is 5.43 Å². The molecule has 0 aliphatic rings. The Balaban J connectivity index is 2.66. The van der Waals surface area contributed by atoms with Gasteiger partial charge in [-0.25, -0.2) is 0 Å². The molecular formula is C10H11N5. The van der Waals surface area contributed by atoms with E-state index in [1.807, 2.05) is 24.3 Å². The van der Waals surface area contributed by atoms with Gasteiger partial charge in [-0.2, -0.15) is 0 Å². The summed E-state index contributed by atoms with van der Waals surface area (Å²) in [5.74, 6) is 11.2. The van der Waals surface area contributed by atoms with Gasteiger partial charge in [0, 0.05) is 23.4 Å². The van der Waals surface area contributed by atoms with Crippen molar-refractivity contribution in [1.29, 1.82) is 0 Å². The summed E-state index contributed by atoms with van der Waals surface area (Å²) >= 11 is 0. The molecule has 1 aromatic carbocycles. The lowest BCUT2D eigenvalue weighted by Gasteiger charge is -2.01. The van der Waals surface area contributed by atoms with Crippen molar-refractivity contribution >= 4 is 5.69 Å². The van der Waals surface area contributed by atoms with E-state index in [9.17, 15) is 0 Å². The summed E-state index contributed by atoms with van der Waals surface area (Å²) in [6.45, 7) is 0.391. The molecule has 0 amide bonds. The molecule has 0 atom stereocenters. The number of anilines is 1. The lowest BCUT2D eigenvalue weighted by Crippen LogP contribution is -2.07. The van der Waals surface area contributed by atoms with Crippen LogP contribution in [0, 0.1) is 11.8 Å². The summed E-state index contributed by atoms with van der Waals surface area (Å²) in [5, 5.41) is 3.38. The fourth-order valence-corrected chi connectivity index (χ4v) is 1.03. The Morgan fingerprint density at radius 2 is 2.27 bits per heavy atom. The highest BCUT2D eigenvalue weighted by molar-refractivity contribution is 5.58. The van der Waals surface area contributed by atoms with Crippen LogP contribution in [0.2, 0.25) is 0 Å². The van der Waals surface area contributed by atoms with Crippen LogP contribution in [0.3, 0.4) is 0 Å². The molecule has 1 rings (SSSR count). The molecule has 5 heteroatoms. The number of para-hydroxylation sites is 1. The maximum Gasteiger partial charge on any atom is 0.0641 e. The van der Waals surface area contributed by atoms with Crippen molar-refractivity contribution in [3.63, 3.8) is 0 Å². The van der Waals surface area contributed by atoms with Crippen LogP contribution in [0.25, 0.3) is 10.4 Å². The Morgan fingerprint density at radius 1 is 1.47 bits per heavy atom. The van der Waals surface area contributed by atoms with Crippen LogP contribution in [-0.4, -0.2) is 6.54 Å². The van der Waals surface area contributed by atoms with Crippen molar-refractivity contribution < 1.29 is 0 Å². The molecule has 0 fully saturated rings. The van der Waals surface area contributed by atoms with Gasteiger partial charge in [0.25, 0.3) is 0 Å². The van der Waals surface area contributed by atoms with Gasteiger partial charge in [-0.1, -0.05) is 29.1 Å². The number of hydrogen-bond donors (Lipinski definition) is 2. The van der Waals surface area contributed by atoms with E-state index < -0.39 is 0 Å². The number of benzene rings is 1. The highest BCUT2D eigenvalue weighted by Gasteiger charge is 1.93. The Morgan fingerprint density at radius 3 is 3.00 bits per heavy atom. The number of nitrogen functional groups attached to an aromatic ring is 1. The third kappa shape index (κ3) is 3.61. The number of nitrogens with zero attached hydrogens (tertiary/aromatic N) is 3.